The number of hydrogen-bond acceptors (Lipinski definition) is 7. The van der Waals surface area contributed by atoms with Gasteiger partial charge < -0.3 is 10.4 Å². The lowest BCUT2D eigenvalue weighted by Gasteiger charge is -2.17. The molecule has 0 atom stereocenters. The summed E-state index contributed by atoms with van der Waals surface area (Å²) in [5.74, 6) is 0. The molecule has 10 heteroatoms. The van der Waals surface area contributed by atoms with Gasteiger partial charge in [-0.2, -0.15) is 4.31 Å². The molecule has 0 saturated heterocycles. The highest BCUT2D eigenvalue weighted by Gasteiger charge is 2.29. The third-order valence-electron chi connectivity index (χ3n) is 2.41. The summed E-state index contributed by atoms with van der Waals surface area (Å²) in [5.41, 5.74) is -0.272. The Labute approximate surface area is 114 Å². The molecular formula is C9H15N3O5S2. The van der Waals surface area contributed by atoms with Gasteiger partial charge in [-0.3, -0.25) is 10.1 Å². The molecular weight excluding hydrogens is 294 g/mol. The predicted octanol–water partition coefficient (Wildman–Crippen LogP) is 0.701. The first-order valence-corrected chi connectivity index (χ1v) is 7.71. The molecule has 1 aromatic heterocycles. The number of anilines is 1. The van der Waals surface area contributed by atoms with E-state index >= 15 is 0 Å². The van der Waals surface area contributed by atoms with Crippen LogP contribution in [0.15, 0.2) is 10.3 Å². The van der Waals surface area contributed by atoms with E-state index in [-0.39, 0.29) is 34.6 Å². The molecule has 8 nitrogen and oxygen atoms in total. The van der Waals surface area contributed by atoms with Gasteiger partial charge in [0.05, 0.1) is 11.5 Å². The first kappa shape index (κ1) is 15.8. The van der Waals surface area contributed by atoms with E-state index in [4.69, 9.17) is 5.11 Å². The molecule has 0 aliphatic carbocycles. The molecule has 1 rings (SSSR count). The Hall–Kier alpha value is -1.23. The van der Waals surface area contributed by atoms with Crippen molar-refractivity contribution in [3.8, 4) is 0 Å². The summed E-state index contributed by atoms with van der Waals surface area (Å²) < 4.78 is 25.4. The van der Waals surface area contributed by atoms with Gasteiger partial charge in [0.1, 0.15) is 4.21 Å². The van der Waals surface area contributed by atoms with E-state index in [1.165, 1.54) is 7.05 Å². The Morgan fingerprint density at radius 2 is 2.21 bits per heavy atom. The van der Waals surface area contributed by atoms with E-state index < -0.39 is 14.9 Å². The van der Waals surface area contributed by atoms with Gasteiger partial charge in [0.25, 0.3) is 10.0 Å². The van der Waals surface area contributed by atoms with Crippen molar-refractivity contribution in [1.82, 2.24) is 4.31 Å². The molecule has 0 amide bonds. The zero-order chi connectivity index (χ0) is 14.6. The number of nitrogens with one attached hydrogen (secondary N) is 1. The van der Waals surface area contributed by atoms with Gasteiger partial charge in [0.2, 0.25) is 0 Å². The fourth-order valence-electron chi connectivity index (χ4n) is 1.49. The molecule has 0 radical (unpaired) electrons. The summed E-state index contributed by atoms with van der Waals surface area (Å²) in [4.78, 5) is 10.2. The van der Waals surface area contributed by atoms with Crippen LogP contribution in [-0.4, -0.2) is 49.5 Å². The number of thiophene rings is 1. The summed E-state index contributed by atoms with van der Waals surface area (Å²) in [6, 6.07) is 1.03. The van der Waals surface area contributed by atoms with E-state index in [2.05, 4.69) is 5.32 Å². The van der Waals surface area contributed by atoms with Crippen molar-refractivity contribution >= 4 is 32.0 Å². The average Bonchev–Trinajstić information content (AvgIpc) is 2.80. The minimum atomic E-state index is -3.81. The average molecular weight is 309 g/mol. The predicted molar refractivity (Wildman–Crippen MR) is 72.0 cm³/mol. The highest BCUT2D eigenvalue weighted by atomic mass is 32.2. The van der Waals surface area contributed by atoms with Gasteiger partial charge in [0, 0.05) is 26.2 Å². The number of hydrogen-bond donors (Lipinski definition) is 2. The van der Waals surface area contributed by atoms with E-state index in [1.54, 1.807) is 6.92 Å². The molecule has 0 unspecified atom stereocenters. The molecule has 108 valence electrons. The normalized spacial score (nSPS) is 11.8. The number of nitrogens with zero attached hydrogens (tertiary/aromatic N) is 2. The molecule has 0 saturated carbocycles. The van der Waals surface area contributed by atoms with Gasteiger partial charge in [-0.1, -0.05) is 18.3 Å². The summed E-state index contributed by atoms with van der Waals surface area (Å²) in [6.07, 6.45) is 0. The van der Waals surface area contributed by atoms with Crippen molar-refractivity contribution in [1.29, 1.82) is 0 Å². The topological polar surface area (TPSA) is 113 Å². The molecule has 0 aromatic carbocycles. The van der Waals surface area contributed by atoms with Gasteiger partial charge in [-0.05, 0) is 0 Å². The van der Waals surface area contributed by atoms with Crippen LogP contribution in [0.4, 0.5) is 10.7 Å². The fourth-order valence-corrected chi connectivity index (χ4v) is 4.36. The standard InChI is InChI=1S/C9H15N3O5S2/c1-3-11(4-5-13)19(16,17)8-6-7(12(14)15)9(10-2)18-8/h6,10,13H,3-5H2,1-2H3. The summed E-state index contributed by atoms with van der Waals surface area (Å²) in [6.45, 7) is 1.47. The molecule has 0 bridgehead atoms. The van der Waals surface area contributed by atoms with Crippen LogP contribution in [-0.2, 0) is 10.0 Å². The largest absolute Gasteiger partial charge is 0.395 e. The number of aliphatic hydroxyl groups is 1. The Morgan fingerprint density at radius 1 is 1.58 bits per heavy atom. The number of rotatable bonds is 7. The zero-order valence-electron chi connectivity index (χ0n) is 10.5. The third kappa shape index (κ3) is 3.21. The van der Waals surface area contributed by atoms with E-state index in [0.717, 1.165) is 21.7 Å². The molecule has 19 heavy (non-hydrogen) atoms. The van der Waals surface area contributed by atoms with E-state index in [9.17, 15) is 18.5 Å². The smallest absolute Gasteiger partial charge is 0.304 e. The number of aliphatic hydroxyl groups excluding tert-OH is 1. The molecule has 0 fully saturated rings. The molecule has 1 aromatic rings. The highest BCUT2D eigenvalue weighted by Crippen LogP contribution is 2.37. The zero-order valence-corrected chi connectivity index (χ0v) is 12.1. The minimum absolute atomic E-state index is 0.0422. The fraction of sp³-hybridized carbons (Fsp3) is 0.556. The van der Waals surface area contributed by atoms with Crippen LogP contribution in [0.1, 0.15) is 6.92 Å². The van der Waals surface area contributed by atoms with E-state index in [1.807, 2.05) is 0 Å². The van der Waals surface area contributed by atoms with Crippen LogP contribution in [0.5, 0.6) is 0 Å². The van der Waals surface area contributed by atoms with Crippen molar-refractivity contribution in [2.45, 2.75) is 11.1 Å². The lowest BCUT2D eigenvalue weighted by atomic mass is 10.5. The monoisotopic (exact) mass is 309 g/mol. The van der Waals surface area contributed by atoms with Gasteiger partial charge in [-0.25, -0.2) is 8.42 Å². The second kappa shape index (κ2) is 6.28. The van der Waals surface area contributed by atoms with Crippen molar-refractivity contribution in [2.75, 3.05) is 32.1 Å². The number of nitro groups is 1. The Bertz CT molecular complexity index is 554. The van der Waals surface area contributed by atoms with Gasteiger partial charge in [0.15, 0.2) is 5.00 Å². The second-order valence-corrected chi connectivity index (χ2v) is 6.72. The van der Waals surface area contributed by atoms with Crippen molar-refractivity contribution in [2.24, 2.45) is 0 Å². The van der Waals surface area contributed by atoms with Gasteiger partial charge in [-0.15, -0.1) is 0 Å². The Balaban J connectivity index is 3.25. The maximum absolute atomic E-state index is 12.2. The van der Waals surface area contributed by atoms with Crippen LogP contribution < -0.4 is 5.32 Å². The molecule has 2 N–H and O–H groups in total. The van der Waals surface area contributed by atoms with Crippen LogP contribution in [0.3, 0.4) is 0 Å². The van der Waals surface area contributed by atoms with Crippen LogP contribution in [0, 0.1) is 10.1 Å². The molecule has 1 heterocycles. The minimum Gasteiger partial charge on any atom is -0.395 e. The highest BCUT2D eigenvalue weighted by molar-refractivity contribution is 7.91. The molecule has 0 aliphatic heterocycles. The van der Waals surface area contributed by atoms with Crippen LogP contribution in [0.2, 0.25) is 0 Å². The third-order valence-corrected chi connectivity index (χ3v) is 5.98. The number of likely N-dealkylation sites (N-methyl/N-ethyl adjacent to an activating group) is 1. The van der Waals surface area contributed by atoms with Crippen LogP contribution >= 0.6 is 11.3 Å². The lowest BCUT2D eigenvalue weighted by Crippen LogP contribution is -2.32. The van der Waals surface area contributed by atoms with Gasteiger partial charge >= 0.3 is 5.69 Å². The quantitative estimate of drug-likeness (QED) is 0.566. The van der Waals surface area contributed by atoms with Crippen molar-refractivity contribution in [3.63, 3.8) is 0 Å². The summed E-state index contributed by atoms with van der Waals surface area (Å²) in [5, 5.41) is 22.4. The van der Waals surface area contributed by atoms with E-state index in [0.29, 0.717) is 0 Å². The summed E-state index contributed by atoms with van der Waals surface area (Å²) >= 11 is 0.800. The molecule has 0 aliphatic rings. The lowest BCUT2D eigenvalue weighted by molar-refractivity contribution is -0.383. The second-order valence-electron chi connectivity index (χ2n) is 3.51. The van der Waals surface area contributed by atoms with Crippen molar-refractivity contribution < 1.29 is 18.4 Å². The Kier molecular flexibility index (Phi) is 5.23. The number of sulfonamides is 1. The first-order chi connectivity index (χ1) is 8.88. The Morgan fingerprint density at radius 3 is 2.58 bits per heavy atom. The first-order valence-electron chi connectivity index (χ1n) is 5.45. The SMILES string of the molecule is CCN(CCO)S(=O)(=O)c1cc([N+](=O)[O-])c(NC)s1. The molecule has 0 spiro atoms. The summed E-state index contributed by atoms with van der Waals surface area (Å²) in [7, 11) is -2.32. The van der Waals surface area contributed by atoms with Crippen molar-refractivity contribution in [3.05, 3.63) is 16.2 Å². The maximum Gasteiger partial charge on any atom is 0.304 e. The maximum atomic E-state index is 12.2. The van der Waals surface area contributed by atoms with Crippen LogP contribution in [0.25, 0.3) is 0 Å².